The first kappa shape index (κ1) is 38.6. The van der Waals surface area contributed by atoms with Crippen molar-refractivity contribution < 1.29 is 37.4 Å². The fourth-order valence-electron chi connectivity index (χ4n) is 8.59. The molecule has 3 aromatic rings. The number of para-hydroxylation sites is 1. The van der Waals surface area contributed by atoms with E-state index >= 15 is 4.79 Å². The summed E-state index contributed by atoms with van der Waals surface area (Å²) in [4.78, 5) is 64.0. The van der Waals surface area contributed by atoms with Gasteiger partial charge in [-0.1, -0.05) is 62.4 Å². The number of nitrogens with zero attached hydrogens (tertiary/aromatic N) is 3. The van der Waals surface area contributed by atoms with Gasteiger partial charge in [-0.2, -0.15) is 0 Å². The van der Waals surface area contributed by atoms with Crippen LogP contribution in [0.2, 0.25) is 0 Å². The fraction of sp³-hybridized carbons (Fsp3) is 0.537. The van der Waals surface area contributed by atoms with Gasteiger partial charge in [-0.3, -0.25) is 24.0 Å². The second kappa shape index (κ2) is 14.4. The Morgan fingerprint density at radius 2 is 1.67 bits per heavy atom. The molecule has 3 N–H and O–H groups in total. The molecule has 3 heterocycles. The van der Waals surface area contributed by atoms with Crippen molar-refractivity contribution in [2.75, 3.05) is 6.54 Å². The molecule has 14 heteroatoms. The third kappa shape index (κ3) is 7.61. The number of aromatic nitrogens is 1. The van der Waals surface area contributed by atoms with Gasteiger partial charge in [0.2, 0.25) is 27.7 Å². The Bertz CT molecular complexity index is 2160. The van der Waals surface area contributed by atoms with Crippen LogP contribution in [0.1, 0.15) is 79.6 Å². The Morgan fingerprint density at radius 3 is 2.35 bits per heavy atom. The minimum Gasteiger partial charge on any atom is -0.472 e. The van der Waals surface area contributed by atoms with Crippen LogP contribution in [0.4, 0.5) is 4.79 Å². The highest BCUT2D eigenvalue weighted by Gasteiger charge is 2.62. The Hall–Kier alpha value is -4.72. The first-order valence-corrected chi connectivity index (χ1v) is 20.9. The number of allylic oxidation sites excluding steroid dienone is 1. The molecule has 2 aromatic carbocycles. The van der Waals surface area contributed by atoms with E-state index in [0.717, 1.165) is 22.6 Å². The Kier molecular flexibility index (Phi) is 10.1. The number of carbonyl (C=O) groups is 4. The zero-order valence-electron chi connectivity index (χ0n) is 32.0. The molecule has 294 valence electrons. The molecule has 13 nitrogen and oxygen atoms in total. The van der Waals surface area contributed by atoms with Gasteiger partial charge >= 0.3 is 6.09 Å². The fourth-order valence-corrected chi connectivity index (χ4v) is 9.95. The van der Waals surface area contributed by atoms with Crippen LogP contribution in [0.5, 0.6) is 5.88 Å². The number of carboxylic acid groups (broad SMARTS) is 1. The molecule has 2 unspecified atom stereocenters. The summed E-state index contributed by atoms with van der Waals surface area (Å²) in [6.07, 6.45) is 4.95. The summed E-state index contributed by atoms with van der Waals surface area (Å²) in [5.41, 5.74) is -1.78. The van der Waals surface area contributed by atoms with Gasteiger partial charge in [-0.15, -0.1) is 0 Å². The van der Waals surface area contributed by atoms with E-state index in [9.17, 15) is 27.9 Å². The summed E-state index contributed by atoms with van der Waals surface area (Å²) in [5.74, 6) is -2.39. The van der Waals surface area contributed by atoms with Gasteiger partial charge in [0.15, 0.2) is 0 Å². The summed E-state index contributed by atoms with van der Waals surface area (Å²) >= 11 is 0. The van der Waals surface area contributed by atoms with Crippen molar-refractivity contribution in [1.82, 2.24) is 24.8 Å². The maximum absolute atomic E-state index is 15.1. The molecular formula is C41H51N5O8S. The van der Waals surface area contributed by atoms with Crippen molar-refractivity contribution in [2.45, 2.75) is 114 Å². The summed E-state index contributed by atoms with van der Waals surface area (Å²) < 4.78 is 34.7. The SMILES string of the molecule is C[C@@H]1CC/C=C\C2CC2(C(=O)NS(=O)(=O)C2CC2)NC(=O)[C@@H]2C[C@@H](Oc3nc4ccccc4c4ccccc34)CN2C(=O)[C@@H](N(C(=O)O)C(C)(C)C)[C@H](C)C1. The molecule has 4 amide bonds. The second-order valence-corrected chi connectivity index (χ2v) is 19.0. The van der Waals surface area contributed by atoms with Crippen LogP contribution in [0.25, 0.3) is 21.7 Å². The van der Waals surface area contributed by atoms with Gasteiger partial charge in [0, 0.05) is 28.7 Å². The van der Waals surface area contributed by atoms with Gasteiger partial charge in [0.1, 0.15) is 23.7 Å². The molecule has 2 aliphatic heterocycles. The number of hydrogen-bond donors (Lipinski definition) is 3. The normalized spacial score (nSPS) is 29.7. The molecule has 1 aromatic heterocycles. The van der Waals surface area contributed by atoms with E-state index in [2.05, 4.69) is 17.0 Å². The maximum Gasteiger partial charge on any atom is 0.408 e. The van der Waals surface area contributed by atoms with Gasteiger partial charge in [0.25, 0.3) is 5.91 Å². The van der Waals surface area contributed by atoms with Crippen LogP contribution in [0.15, 0.2) is 60.7 Å². The van der Waals surface area contributed by atoms with Crippen molar-refractivity contribution in [3.8, 4) is 5.88 Å². The van der Waals surface area contributed by atoms with E-state index in [0.29, 0.717) is 37.1 Å². The van der Waals surface area contributed by atoms with Gasteiger partial charge in [-0.05, 0) is 88.7 Å². The molecule has 4 aliphatic rings. The molecule has 7 atom stereocenters. The van der Waals surface area contributed by atoms with Crippen LogP contribution >= 0.6 is 0 Å². The summed E-state index contributed by atoms with van der Waals surface area (Å²) in [6.45, 7) is 9.13. The van der Waals surface area contributed by atoms with E-state index in [4.69, 9.17) is 9.72 Å². The smallest absolute Gasteiger partial charge is 0.408 e. The average molecular weight is 774 g/mol. The first-order chi connectivity index (χ1) is 26.0. The van der Waals surface area contributed by atoms with Crippen LogP contribution in [0.3, 0.4) is 0 Å². The highest BCUT2D eigenvalue weighted by Crippen LogP contribution is 2.46. The second-order valence-electron chi connectivity index (χ2n) is 17.0. The molecule has 2 saturated carbocycles. The highest BCUT2D eigenvalue weighted by atomic mass is 32.2. The van der Waals surface area contributed by atoms with E-state index in [1.807, 2.05) is 67.6 Å². The van der Waals surface area contributed by atoms with Crippen molar-refractivity contribution in [3.05, 3.63) is 60.7 Å². The van der Waals surface area contributed by atoms with Crippen molar-refractivity contribution in [1.29, 1.82) is 0 Å². The predicted molar refractivity (Wildman–Crippen MR) is 208 cm³/mol. The van der Waals surface area contributed by atoms with E-state index in [1.54, 1.807) is 20.8 Å². The number of rotatable bonds is 6. The maximum atomic E-state index is 15.1. The van der Waals surface area contributed by atoms with Crippen LogP contribution in [-0.2, 0) is 24.4 Å². The molecule has 7 rings (SSSR count). The lowest BCUT2D eigenvalue weighted by molar-refractivity contribution is -0.146. The van der Waals surface area contributed by atoms with Crippen molar-refractivity contribution in [2.24, 2.45) is 17.8 Å². The van der Waals surface area contributed by atoms with Crippen LogP contribution in [-0.4, -0.2) is 93.2 Å². The third-order valence-electron chi connectivity index (χ3n) is 11.6. The molecule has 3 fully saturated rings. The Morgan fingerprint density at radius 1 is 1.00 bits per heavy atom. The lowest BCUT2D eigenvalue weighted by Crippen LogP contribution is -2.62. The minimum atomic E-state index is -3.91. The topological polar surface area (TPSA) is 175 Å². The summed E-state index contributed by atoms with van der Waals surface area (Å²) in [6, 6.07) is 13.1. The van der Waals surface area contributed by atoms with Crippen molar-refractivity contribution in [3.63, 3.8) is 0 Å². The minimum absolute atomic E-state index is 0.0269. The Labute approximate surface area is 321 Å². The Balaban J connectivity index is 1.28. The number of fused-ring (bicyclic) bond motifs is 5. The number of pyridine rings is 1. The number of sulfonamides is 1. The lowest BCUT2D eigenvalue weighted by Gasteiger charge is -2.43. The highest BCUT2D eigenvalue weighted by molar-refractivity contribution is 7.91. The standard InChI is InChI=1S/C41H51N5O8S/c1-24-12-6-7-13-26-22-41(26,38(49)44-55(52,53)28-18-19-28)43-35(47)33-21-27(23-45(33)37(48)34(25(2)20-24)46(39(50)51)40(3,4)5)54-36-31-16-9-8-14-29(31)30-15-10-11-17-32(30)42-36/h7-11,13-17,24-28,33-34H,6,12,18-23H2,1-5H3,(H,43,47)(H,44,49)(H,50,51)/b13-7-/t24-,25-,26?,27-,33+,34+,41?/m1/s1. The number of benzene rings is 2. The third-order valence-corrected chi connectivity index (χ3v) is 13.5. The van der Waals surface area contributed by atoms with Gasteiger partial charge < -0.3 is 20.1 Å². The summed E-state index contributed by atoms with van der Waals surface area (Å²) in [7, 11) is -3.91. The van der Waals surface area contributed by atoms with Crippen LogP contribution in [0, 0.1) is 17.8 Å². The molecule has 0 spiro atoms. The molecular weight excluding hydrogens is 723 g/mol. The van der Waals surface area contributed by atoms with Gasteiger partial charge in [-0.25, -0.2) is 18.2 Å². The number of hydrogen-bond acceptors (Lipinski definition) is 8. The molecule has 1 saturated heterocycles. The van der Waals surface area contributed by atoms with Crippen molar-refractivity contribution >= 4 is 55.5 Å². The molecule has 2 aliphatic carbocycles. The van der Waals surface area contributed by atoms with E-state index in [1.165, 1.54) is 9.80 Å². The largest absolute Gasteiger partial charge is 0.472 e. The lowest BCUT2D eigenvalue weighted by atomic mass is 9.85. The zero-order valence-corrected chi connectivity index (χ0v) is 32.8. The number of ether oxygens (including phenoxy) is 1. The molecule has 55 heavy (non-hydrogen) atoms. The van der Waals surface area contributed by atoms with Gasteiger partial charge in [0.05, 0.1) is 17.3 Å². The number of amides is 4. The summed E-state index contributed by atoms with van der Waals surface area (Å²) in [5, 5.41) is 15.5. The monoisotopic (exact) mass is 773 g/mol. The van der Waals surface area contributed by atoms with E-state index < -0.39 is 80.2 Å². The zero-order chi connectivity index (χ0) is 39.4. The molecule has 0 bridgehead atoms. The quantitative estimate of drug-likeness (QED) is 0.220. The predicted octanol–water partition coefficient (Wildman–Crippen LogP) is 5.38. The number of carbonyl (C=O) groups excluding carboxylic acids is 3. The number of nitrogens with one attached hydrogen (secondary N) is 2. The first-order valence-electron chi connectivity index (χ1n) is 19.3. The average Bonchev–Trinajstić information content (AvgIpc) is 4.05. The van der Waals surface area contributed by atoms with Crippen LogP contribution < -0.4 is 14.8 Å². The molecule has 0 radical (unpaired) electrons. The van der Waals surface area contributed by atoms with E-state index in [-0.39, 0.29) is 25.3 Å².